The minimum atomic E-state index is -0.862. The third kappa shape index (κ3) is 6.66. The number of amides is 2. The number of piperidine rings is 1. The first-order valence-electron chi connectivity index (χ1n) is 13.6. The van der Waals surface area contributed by atoms with Crippen LogP contribution in [-0.4, -0.2) is 36.0 Å². The molecule has 2 aliphatic rings. The van der Waals surface area contributed by atoms with Gasteiger partial charge in [0.15, 0.2) is 0 Å². The number of fused-ring (bicyclic) bond motifs is 2. The Morgan fingerprint density at radius 1 is 1.00 bits per heavy atom. The lowest BCUT2D eigenvalue weighted by atomic mass is 9.81. The summed E-state index contributed by atoms with van der Waals surface area (Å²) in [6, 6.07) is 15.7. The average Bonchev–Trinajstić information content (AvgIpc) is 2.95. The molecule has 5 rings (SSSR count). The lowest BCUT2D eigenvalue weighted by molar-refractivity contribution is -0.123. The summed E-state index contributed by atoms with van der Waals surface area (Å²) in [6.45, 7) is 3.69. The lowest BCUT2D eigenvalue weighted by Gasteiger charge is -2.45. The van der Waals surface area contributed by atoms with Gasteiger partial charge in [-0.05, 0) is 73.4 Å². The average molecular weight is 603 g/mol. The van der Waals surface area contributed by atoms with Crippen LogP contribution < -0.4 is 10.6 Å². The number of rotatable bonds is 8. The molecule has 3 aromatic carbocycles. The van der Waals surface area contributed by atoms with Crippen LogP contribution in [0.3, 0.4) is 0 Å². The normalized spacial score (nSPS) is 17.7. The standard InChI is InChI=1S/C31H31Cl2F2N3O3/c1-19(38-14-12-31(13-15-38)25-17-23(35)8-11-28(25)37-30(40)41-31)2-9-24(21-5-10-26(32)27(33)16-21)29(39)36-18-20-3-6-22(34)7-4-20/h3-8,10-11,16-17,19,24H,2,9,12-15,18H2,1H3,(H,36,39)(H,37,40). The molecule has 216 valence electrons. The Balaban J connectivity index is 1.25. The number of nitrogens with one attached hydrogen (secondary N) is 2. The summed E-state index contributed by atoms with van der Waals surface area (Å²) in [5, 5.41) is 6.44. The van der Waals surface area contributed by atoms with Gasteiger partial charge in [-0.25, -0.2) is 13.6 Å². The van der Waals surface area contributed by atoms with Crippen molar-refractivity contribution in [1.29, 1.82) is 0 Å². The molecule has 6 nitrogen and oxygen atoms in total. The highest BCUT2D eigenvalue weighted by molar-refractivity contribution is 6.42. The Hall–Kier alpha value is -3.20. The Bertz CT molecular complexity index is 1430. The molecule has 2 atom stereocenters. The van der Waals surface area contributed by atoms with Crippen LogP contribution >= 0.6 is 23.2 Å². The summed E-state index contributed by atoms with van der Waals surface area (Å²) in [6.07, 6.45) is 1.82. The molecular weight excluding hydrogens is 571 g/mol. The van der Waals surface area contributed by atoms with Gasteiger partial charge in [-0.3, -0.25) is 10.1 Å². The van der Waals surface area contributed by atoms with Crippen molar-refractivity contribution in [2.24, 2.45) is 0 Å². The molecule has 1 fully saturated rings. The maximum atomic E-state index is 14.1. The molecule has 2 heterocycles. The predicted octanol–water partition coefficient (Wildman–Crippen LogP) is 7.39. The maximum absolute atomic E-state index is 14.1. The summed E-state index contributed by atoms with van der Waals surface area (Å²) in [7, 11) is 0. The van der Waals surface area contributed by atoms with E-state index in [1.165, 1.54) is 24.3 Å². The molecule has 0 radical (unpaired) electrons. The molecular formula is C31H31Cl2F2N3O3. The zero-order valence-electron chi connectivity index (χ0n) is 22.6. The SMILES string of the molecule is CC(CCC(C(=O)NCc1ccc(F)cc1)c1ccc(Cl)c(Cl)c1)N1CCC2(CC1)OC(=O)Nc1ccc(F)cc12. The van der Waals surface area contributed by atoms with Crippen molar-refractivity contribution in [3.8, 4) is 0 Å². The van der Waals surface area contributed by atoms with Gasteiger partial charge >= 0.3 is 6.09 Å². The van der Waals surface area contributed by atoms with Crippen LogP contribution in [0, 0.1) is 11.6 Å². The van der Waals surface area contributed by atoms with Crippen LogP contribution in [0.15, 0.2) is 60.7 Å². The van der Waals surface area contributed by atoms with E-state index >= 15 is 0 Å². The molecule has 2 unspecified atom stereocenters. The number of hydrogen-bond donors (Lipinski definition) is 2. The summed E-state index contributed by atoms with van der Waals surface area (Å²) in [4.78, 5) is 28.0. The second kappa shape index (κ2) is 12.3. The van der Waals surface area contributed by atoms with E-state index < -0.39 is 17.6 Å². The van der Waals surface area contributed by atoms with Gasteiger partial charge in [0.25, 0.3) is 0 Å². The Kier molecular flexibility index (Phi) is 8.82. The van der Waals surface area contributed by atoms with E-state index in [4.69, 9.17) is 27.9 Å². The highest BCUT2D eigenvalue weighted by Crippen LogP contribution is 2.44. The minimum absolute atomic E-state index is 0.131. The first-order valence-corrected chi connectivity index (χ1v) is 14.4. The maximum Gasteiger partial charge on any atom is 0.412 e. The van der Waals surface area contributed by atoms with Gasteiger partial charge in [0, 0.05) is 44.1 Å². The zero-order chi connectivity index (χ0) is 29.1. The van der Waals surface area contributed by atoms with Crippen molar-refractivity contribution in [3.05, 3.63) is 99.0 Å². The van der Waals surface area contributed by atoms with Crippen molar-refractivity contribution in [2.75, 3.05) is 18.4 Å². The number of carbonyl (C=O) groups excluding carboxylic acids is 2. The zero-order valence-corrected chi connectivity index (χ0v) is 24.1. The number of ether oxygens (including phenoxy) is 1. The number of carbonyl (C=O) groups is 2. The Labute approximate surface area is 248 Å². The van der Waals surface area contributed by atoms with Gasteiger partial charge < -0.3 is 15.0 Å². The van der Waals surface area contributed by atoms with E-state index in [0.29, 0.717) is 60.1 Å². The number of halogens is 4. The van der Waals surface area contributed by atoms with Gasteiger partial charge in [0.2, 0.25) is 5.91 Å². The van der Waals surface area contributed by atoms with E-state index in [9.17, 15) is 18.4 Å². The minimum Gasteiger partial charge on any atom is -0.438 e. The van der Waals surface area contributed by atoms with Crippen molar-refractivity contribution in [3.63, 3.8) is 0 Å². The number of benzene rings is 3. The van der Waals surface area contributed by atoms with Gasteiger partial charge in [0.05, 0.1) is 21.7 Å². The van der Waals surface area contributed by atoms with Crippen molar-refractivity contribution < 1.29 is 23.1 Å². The van der Waals surface area contributed by atoms with Gasteiger partial charge in [-0.15, -0.1) is 0 Å². The number of hydrogen-bond acceptors (Lipinski definition) is 4. The van der Waals surface area contributed by atoms with Crippen molar-refractivity contribution in [1.82, 2.24) is 10.2 Å². The number of likely N-dealkylation sites (tertiary alicyclic amines) is 1. The Morgan fingerprint density at radius 3 is 2.41 bits per heavy atom. The predicted molar refractivity (Wildman–Crippen MR) is 155 cm³/mol. The molecule has 3 aromatic rings. The number of anilines is 1. The lowest BCUT2D eigenvalue weighted by Crippen LogP contribution is -2.50. The quantitative estimate of drug-likeness (QED) is 0.282. The third-order valence-electron chi connectivity index (χ3n) is 8.14. The van der Waals surface area contributed by atoms with Crippen LogP contribution in [0.5, 0.6) is 0 Å². The summed E-state index contributed by atoms with van der Waals surface area (Å²) in [5.74, 6) is -1.33. The third-order valence-corrected chi connectivity index (χ3v) is 8.88. The van der Waals surface area contributed by atoms with Gasteiger partial charge in [-0.2, -0.15) is 0 Å². The van der Waals surface area contributed by atoms with Crippen molar-refractivity contribution in [2.45, 2.75) is 56.7 Å². The van der Waals surface area contributed by atoms with E-state index in [-0.39, 0.29) is 30.1 Å². The monoisotopic (exact) mass is 601 g/mol. The van der Waals surface area contributed by atoms with Gasteiger partial charge in [0.1, 0.15) is 17.2 Å². The smallest absolute Gasteiger partial charge is 0.412 e. The molecule has 2 aliphatic heterocycles. The fourth-order valence-electron chi connectivity index (χ4n) is 5.75. The molecule has 41 heavy (non-hydrogen) atoms. The number of nitrogens with zero attached hydrogens (tertiary/aromatic N) is 1. The van der Waals surface area contributed by atoms with Crippen LogP contribution in [-0.2, 0) is 21.7 Å². The largest absolute Gasteiger partial charge is 0.438 e. The molecule has 1 spiro atoms. The fraction of sp³-hybridized carbons (Fsp3) is 0.355. The topological polar surface area (TPSA) is 70.7 Å². The molecule has 0 bridgehead atoms. The molecule has 1 saturated heterocycles. The molecule has 0 aliphatic carbocycles. The van der Waals surface area contributed by atoms with E-state index in [0.717, 1.165) is 11.1 Å². The first kappa shape index (κ1) is 29.3. The van der Waals surface area contributed by atoms with Crippen LogP contribution in [0.4, 0.5) is 19.3 Å². The molecule has 0 saturated carbocycles. The van der Waals surface area contributed by atoms with E-state index in [2.05, 4.69) is 22.5 Å². The fourth-order valence-corrected chi connectivity index (χ4v) is 6.06. The van der Waals surface area contributed by atoms with E-state index in [1.807, 2.05) is 6.07 Å². The second-order valence-corrected chi connectivity index (χ2v) is 11.5. The highest BCUT2D eigenvalue weighted by atomic mass is 35.5. The molecule has 2 N–H and O–H groups in total. The molecule has 10 heteroatoms. The first-order chi connectivity index (χ1) is 19.6. The van der Waals surface area contributed by atoms with Crippen LogP contribution in [0.1, 0.15) is 55.2 Å². The van der Waals surface area contributed by atoms with Crippen molar-refractivity contribution >= 4 is 40.9 Å². The molecule has 2 amide bonds. The van der Waals surface area contributed by atoms with Gasteiger partial charge in [-0.1, -0.05) is 41.4 Å². The van der Waals surface area contributed by atoms with E-state index in [1.54, 1.807) is 30.3 Å². The summed E-state index contributed by atoms with van der Waals surface area (Å²) in [5.41, 5.74) is 1.95. The summed E-state index contributed by atoms with van der Waals surface area (Å²) < 4.78 is 33.1. The molecule has 0 aromatic heterocycles. The summed E-state index contributed by atoms with van der Waals surface area (Å²) >= 11 is 12.4. The van der Waals surface area contributed by atoms with Crippen LogP contribution in [0.25, 0.3) is 0 Å². The van der Waals surface area contributed by atoms with Crippen LogP contribution in [0.2, 0.25) is 10.0 Å². The Morgan fingerprint density at radius 2 is 1.71 bits per heavy atom. The second-order valence-electron chi connectivity index (χ2n) is 10.7. The highest BCUT2D eigenvalue weighted by Gasteiger charge is 2.45.